The van der Waals surface area contributed by atoms with Crippen molar-refractivity contribution in [2.75, 3.05) is 5.75 Å². The Morgan fingerprint density at radius 2 is 2.20 bits per heavy atom. The van der Waals surface area contributed by atoms with Crippen molar-refractivity contribution in [3.8, 4) is 0 Å². The molecular weight excluding hydrogens is 276 g/mol. The number of nitrogens with one attached hydrogen (secondary N) is 1. The van der Waals surface area contributed by atoms with Crippen LogP contribution in [0.5, 0.6) is 0 Å². The molecule has 2 heterocycles. The molecule has 0 aromatic carbocycles. The van der Waals surface area contributed by atoms with Gasteiger partial charge in [0.25, 0.3) is 0 Å². The number of aryl methyl sites for hydroxylation is 1. The van der Waals surface area contributed by atoms with E-state index in [-0.39, 0.29) is 6.04 Å². The van der Waals surface area contributed by atoms with Gasteiger partial charge in [-0.3, -0.25) is 4.79 Å². The van der Waals surface area contributed by atoms with Crippen LogP contribution < -0.4 is 5.32 Å². The van der Waals surface area contributed by atoms with Gasteiger partial charge in [-0.15, -0.1) is 10.2 Å². The van der Waals surface area contributed by atoms with Crippen molar-refractivity contribution in [3.63, 3.8) is 0 Å². The number of hydrogen-bond donors (Lipinski definition) is 2. The molecule has 1 aliphatic rings. The molecule has 2 N–H and O–H groups in total. The van der Waals surface area contributed by atoms with E-state index in [1.54, 1.807) is 0 Å². The maximum Gasteiger partial charge on any atom is 0.321 e. The molecule has 112 valence electrons. The van der Waals surface area contributed by atoms with Crippen LogP contribution in [0.25, 0.3) is 0 Å². The molecule has 1 aromatic rings. The predicted octanol–water partition coefficient (Wildman–Crippen LogP) is 1.55. The number of fused-ring (bicyclic) bond motifs is 1. The molecule has 1 unspecified atom stereocenters. The van der Waals surface area contributed by atoms with E-state index in [0.29, 0.717) is 5.75 Å². The van der Waals surface area contributed by atoms with Crippen molar-refractivity contribution in [2.24, 2.45) is 0 Å². The molecule has 1 aliphatic heterocycles. The summed E-state index contributed by atoms with van der Waals surface area (Å²) in [6.07, 6.45) is 4.50. The SMILES string of the molecule is CC(C)NC(CSc1nnc2n1CCCCC2)C(=O)O. The monoisotopic (exact) mass is 298 g/mol. The summed E-state index contributed by atoms with van der Waals surface area (Å²) in [7, 11) is 0. The molecule has 0 aliphatic carbocycles. The van der Waals surface area contributed by atoms with Gasteiger partial charge >= 0.3 is 5.97 Å². The molecule has 0 amide bonds. The highest BCUT2D eigenvalue weighted by Gasteiger charge is 2.21. The Morgan fingerprint density at radius 3 is 2.90 bits per heavy atom. The van der Waals surface area contributed by atoms with Gasteiger partial charge in [-0.1, -0.05) is 32.0 Å². The highest BCUT2D eigenvalue weighted by molar-refractivity contribution is 7.99. The lowest BCUT2D eigenvalue weighted by atomic mass is 10.2. The van der Waals surface area contributed by atoms with E-state index in [1.165, 1.54) is 18.2 Å². The van der Waals surface area contributed by atoms with Gasteiger partial charge in [0.2, 0.25) is 0 Å². The van der Waals surface area contributed by atoms with E-state index in [2.05, 4.69) is 20.1 Å². The van der Waals surface area contributed by atoms with Crippen LogP contribution in [0.1, 0.15) is 38.9 Å². The van der Waals surface area contributed by atoms with Gasteiger partial charge in [0.15, 0.2) is 5.16 Å². The van der Waals surface area contributed by atoms with Gasteiger partial charge in [-0.05, 0) is 12.8 Å². The highest BCUT2D eigenvalue weighted by atomic mass is 32.2. The summed E-state index contributed by atoms with van der Waals surface area (Å²) in [5, 5.41) is 21.5. The van der Waals surface area contributed by atoms with E-state index >= 15 is 0 Å². The van der Waals surface area contributed by atoms with Crippen molar-refractivity contribution in [3.05, 3.63) is 5.82 Å². The van der Waals surface area contributed by atoms with E-state index in [4.69, 9.17) is 0 Å². The summed E-state index contributed by atoms with van der Waals surface area (Å²) in [5.74, 6) is 0.682. The molecule has 2 rings (SSSR count). The third-order valence-corrected chi connectivity index (χ3v) is 4.35. The molecule has 0 bridgehead atoms. The quantitative estimate of drug-likeness (QED) is 0.776. The Morgan fingerprint density at radius 1 is 1.40 bits per heavy atom. The zero-order valence-electron chi connectivity index (χ0n) is 12.0. The van der Waals surface area contributed by atoms with Crippen LogP contribution in [-0.4, -0.2) is 43.7 Å². The van der Waals surface area contributed by atoms with E-state index in [1.807, 2.05) is 13.8 Å². The van der Waals surface area contributed by atoms with Crippen molar-refractivity contribution >= 4 is 17.7 Å². The predicted molar refractivity (Wildman–Crippen MR) is 78.0 cm³/mol. The molecule has 0 fully saturated rings. The van der Waals surface area contributed by atoms with Crippen LogP contribution in [0, 0.1) is 0 Å². The summed E-state index contributed by atoms with van der Waals surface area (Å²) in [6, 6.07) is -0.411. The maximum atomic E-state index is 11.2. The molecule has 6 nitrogen and oxygen atoms in total. The molecule has 0 saturated heterocycles. The number of carboxylic acids is 1. The molecule has 0 spiro atoms. The Hall–Kier alpha value is -1.08. The molecule has 1 aromatic heterocycles. The van der Waals surface area contributed by atoms with Gasteiger partial charge in [-0.2, -0.15) is 0 Å². The number of nitrogens with zero attached hydrogens (tertiary/aromatic N) is 3. The lowest BCUT2D eigenvalue weighted by molar-refractivity contribution is -0.139. The molecular formula is C13H22N4O2S. The average molecular weight is 298 g/mol. The third kappa shape index (κ3) is 3.96. The lowest BCUT2D eigenvalue weighted by Gasteiger charge is -2.16. The average Bonchev–Trinajstić information content (AvgIpc) is 2.62. The smallest absolute Gasteiger partial charge is 0.321 e. The summed E-state index contributed by atoms with van der Waals surface area (Å²) in [4.78, 5) is 11.2. The van der Waals surface area contributed by atoms with Gasteiger partial charge in [0, 0.05) is 24.8 Å². The minimum atomic E-state index is -0.818. The maximum absolute atomic E-state index is 11.2. The van der Waals surface area contributed by atoms with Crippen LogP contribution in [0.15, 0.2) is 5.16 Å². The van der Waals surface area contributed by atoms with Gasteiger partial charge in [-0.25, -0.2) is 0 Å². The minimum absolute atomic E-state index is 0.146. The third-order valence-electron chi connectivity index (χ3n) is 3.29. The van der Waals surface area contributed by atoms with Crippen molar-refractivity contribution < 1.29 is 9.90 Å². The van der Waals surface area contributed by atoms with Crippen LogP contribution in [0.2, 0.25) is 0 Å². The normalized spacial score (nSPS) is 16.8. The summed E-state index contributed by atoms with van der Waals surface area (Å²) in [5.41, 5.74) is 0. The molecule has 20 heavy (non-hydrogen) atoms. The number of carboxylic acid groups (broad SMARTS) is 1. The number of thioether (sulfide) groups is 1. The first kappa shape index (κ1) is 15.3. The molecule has 1 atom stereocenters. The Labute approximate surface area is 123 Å². The van der Waals surface area contributed by atoms with E-state index in [9.17, 15) is 9.90 Å². The van der Waals surface area contributed by atoms with Crippen LogP contribution in [0.4, 0.5) is 0 Å². The fourth-order valence-corrected chi connectivity index (χ4v) is 3.32. The fourth-order valence-electron chi connectivity index (χ4n) is 2.32. The Balaban J connectivity index is 1.99. The first-order chi connectivity index (χ1) is 9.58. The van der Waals surface area contributed by atoms with Crippen LogP contribution >= 0.6 is 11.8 Å². The van der Waals surface area contributed by atoms with E-state index < -0.39 is 12.0 Å². The summed E-state index contributed by atoms with van der Waals surface area (Å²) in [6.45, 7) is 4.84. The molecule has 0 saturated carbocycles. The Bertz CT molecular complexity index is 461. The number of rotatable bonds is 6. The number of aromatic nitrogens is 3. The summed E-state index contributed by atoms with van der Waals surface area (Å²) >= 11 is 1.48. The zero-order chi connectivity index (χ0) is 14.5. The lowest BCUT2D eigenvalue weighted by Crippen LogP contribution is -2.42. The topological polar surface area (TPSA) is 80.0 Å². The number of aliphatic carboxylic acids is 1. The fraction of sp³-hybridized carbons (Fsp3) is 0.769. The second-order valence-corrected chi connectivity index (χ2v) is 6.37. The van der Waals surface area contributed by atoms with Gasteiger partial charge in [0.05, 0.1) is 0 Å². The number of carbonyl (C=O) groups is 1. The van der Waals surface area contributed by atoms with Crippen LogP contribution in [-0.2, 0) is 17.8 Å². The minimum Gasteiger partial charge on any atom is -0.480 e. The standard InChI is InChI=1S/C13H22N4O2S/c1-9(2)14-10(12(18)19)8-20-13-16-15-11-6-4-3-5-7-17(11)13/h9-10,14H,3-8H2,1-2H3,(H,18,19). The number of hydrogen-bond acceptors (Lipinski definition) is 5. The first-order valence-corrected chi connectivity index (χ1v) is 8.10. The van der Waals surface area contributed by atoms with Gasteiger partial charge < -0.3 is 15.0 Å². The zero-order valence-corrected chi connectivity index (χ0v) is 12.8. The molecule has 0 radical (unpaired) electrons. The summed E-state index contributed by atoms with van der Waals surface area (Å²) < 4.78 is 2.14. The highest BCUT2D eigenvalue weighted by Crippen LogP contribution is 2.22. The van der Waals surface area contributed by atoms with Crippen molar-refractivity contribution in [2.45, 2.75) is 63.3 Å². The second-order valence-electron chi connectivity index (χ2n) is 5.38. The van der Waals surface area contributed by atoms with Crippen LogP contribution in [0.3, 0.4) is 0 Å². The van der Waals surface area contributed by atoms with Crippen molar-refractivity contribution in [1.29, 1.82) is 0 Å². The molecule has 7 heteroatoms. The second kappa shape index (κ2) is 7.08. The van der Waals surface area contributed by atoms with E-state index in [0.717, 1.165) is 36.8 Å². The largest absolute Gasteiger partial charge is 0.480 e. The Kier molecular flexibility index (Phi) is 5.42. The van der Waals surface area contributed by atoms with Gasteiger partial charge in [0.1, 0.15) is 11.9 Å². The first-order valence-electron chi connectivity index (χ1n) is 7.11. The van der Waals surface area contributed by atoms with Crippen molar-refractivity contribution in [1.82, 2.24) is 20.1 Å².